The first kappa shape index (κ1) is 21.1. The van der Waals surface area contributed by atoms with Gasteiger partial charge in [0.1, 0.15) is 16.4 Å². The standard InChI is InChI=1S/C23H21N3O3S2/c1-2-29-18-11-7-6-10-17(18)24-20(27)14-30-13-19-25-22(28)21-16(12-31-23(21)26-19)15-8-4-3-5-9-15/h3-12H,2,13-14H2,1H3,(H,24,27)(H,25,26,28). The van der Waals surface area contributed by atoms with Crippen LogP contribution in [0.2, 0.25) is 0 Å². The van der Waals surface area contributed by atoms with Crippen LogP contribution in [0.25, 0.3) is 21.3 Å². The summed E-state index contributed by atoms with van der Waals surface area (Å²) in [7, 11) is 0. The molecule has 0 unspecified atom stereocenters. The Bertz CT molecular complexity index is 1250. The summed E-state index contributed by atoms with van der Waals surface area (Å²) in [4.78, 5) is 33.2. The maximum atomic E-state index is 12.7. The monoisotopic (exact) mass is 451 g/mol. The van der Waals surface area contributed by atoms with Crippen LogP contribution in [0.15, 0.2) is 64.8 Å². The van der Waals surface area contributed by atoms with Gasteiger partial charge in [-0.1, -0.05) is 42.5 Å². The molecule has 0 saturated carbocycles. The topological polar surface area (TPSA) is 84.1 Å². The molecule has 158 valence electrons. The lowest BCUT2D eigenvalue weighted by atomic mass is 10.1. The smallest absolute Gasteiger partial charge is 0.260 e. The van der Waals surface area contributed by atoms with Crippen molar-refractivity contribution in [2.45, 2.75) is 12.7 Å². The van der Waals surface area contributed by atoms with E-state index < -0.39 is 0 Å². The molecule has 0 aliphatic rings. The molecule has 0 saturated heterocycles. The van der Waals surface area contributed by atoms with Crippen LogP contribution in [-0.2, 0) is 10.5 Å². The van der Waals surface area contributed by atoms with E-state index in [-0.39, 0.29) is 17.2 Å². The number of aromatic amines is 1. The first-order valence-corrected chi connectivity index (χ1v) is 11.8. The van der Waals surface area contributed by atoms with Crippen molar-refractivity contribution in [2.75, 3.05) is 17.7 Å². The molecule has 2 N–H and O–H groups in total. The highest BCUT2D eigenvalue weighted by atomic mass is 32.2. The summed E-state index contributed by atoms with van der Waals surface area (Å²) in [6, 6.07) is 17.1. The number of nitrogens with zero attached hydrogens (tertiary/aromatic N) is 1. The number of rotatable bonds is 8. The summed E-state index contributed by atoms with van der Waals surface area (Å²) >= 11 is 2.84. The largest absolute Gasteiger partial charge is 0.492 e. The van der Waals surface area contributed by atoms with Crippen LogP contribution in [0.1, 0.15) is 12.7 Å². The molecule has 1 amide bonds. The van der Waals surface area contributed by atoms with Crippen molar-refractivity contribution in [3.63, 3.8) is 0 Å². The van der Waals surface area contributed by atoms with Crippen molar-refractivity contribution in [2.24, 2.45) is 0 Å². The van der Waals surface area contributed by atoms with Crippen molar-refractivity contribution < 1.29 is 9.53 Å². The SMILES string of the molecule is CCOc1ccccc1NC(=O)CSCc1nc2scc(-c3ccccc3)c2c(=O)[nH]1. The maximum Gasteiger partial charge on any atom is 0.260 e. The summed E-state index contributed by atoms with van der Waals surface area (Å²) < 4.78 is 5.53. The fourth-order valence-electron chi connectivity index (χ4n) is 3.17. The molecule has 0 fully saturated rings. The van der Waals surface area contributed by atoms with Crippen LogP contribution in [-0.4, -0.2) is 28.2 Å². The van der Waals surface area contributed by atoms with Gasteiger partial charge in [0.05, 0.1) is 29.2 Å². The second-order valence-electron chi connectivity index (χ2n) is 6.68. The number of thioether (sulfide) groups is 1. The molecule has 6 nitrogen and oxygen atoms in total. The van der Waals surface area contributed by atoms with Crippen molar-refractivity contribution in [1.29, 1.82) is 0 Å². The molecular weight excluding hydrogens is 430 g/mol. The number of thiophene rings is 1. The van der Waals surface area contributed by atoms with E-state index in [9.17, 15) is 9.59 Å². The van der Waals surface area contributed by atoms with Crippen LogP contribution < -0.4 is 15.6 Å². The van der Waals surface area contributed by atoms with E-state index in [1.807, 2.05) is 66.9 Å². The average molecular weight is 452 g/mol. The van der Waals surface area contributed by atoms with Crippen LogP contribution in [0.4, 0.5) is 5.69 Å². The van der Waals surface area contributed by atoms with Gasteiger partial charge in [-0.2, -0.15) is 0 Å². The Morgan fingerprint density at radius 2 is 1.94 bits per heavy atom. The number of hydrogen-bond donors (Lipinski definition) is 2. The lowest BCUT2D eigenvalue weighted by Gasteiger charge is -2.11. The van der Waals surface area contributed by atoms with Crippen molar-refractivity contribution in [1.82, 2.24) is 9.97 Å². The predicted molar refractivity (Wildman–Crippen MR) is 128 cm³/mol. The summed E-state index contributed by atoms with van der Waals surface area (Å²) in [6.45, 7) is 2.42. The maximum absolute atomic E-state index is 12.7. The third-order valence-corrected chi connectivity index (χ3v) is 6.33. The molecule has 0 aliphatic heterocycles. The average Bonchev–Trinajstić information content (AvgIpc) is 3.21. The molecule has 8 heteroatoms. The number of carbonyl (C=O) groups excluding carboxylic acids is 1. The van der Waals surface area contributed by atoms with E-state index in [2.05, 4.69) is 15.3 Å². The molecule has 2 heterocycles. The van der Waals surface area contributed by atoms with Gasteiger partial charge in [0, 0.05) is 10.9 Å². The minimum Gasteiger partial charge on any atom is -0.492 e. The van der Waals surface area contributed by atoms with Gasteiger partial charge in [0.2, 0.25) is 5.91 Å². The number of amides is 1. The minimum atomic E-state index is -0.157. The number of aromatic nitrogens is 2. The van der Waals surface area contributed by atoms with Gasteiger partial charge < -0.3 is 15.0 Å². The molecule has 0 aliphatic carbocycles. The van der Waals surface area contributed by atoms with Gasteiger partial charge in [-0.05, 0) is 24.6 Å². The van der Waals surface area contributed by atoms with Crippen LogP contribution >= 0.6 is 23.1 Å². The van der Waals surface area contributed by atoms with Gasteiger partial charge in [-0.3, -0.25) is 9.59 Å². The van der Waals surface area contributed by atoms with Crippen LogP contribution in [0.5, 0.6) is 5.75 Å². The van der Waals surface area contributed by atoms with Crippen molar-refractivity contribution in [3.05, 3.63) is 76.2 Å². The molecule has 2 aromatic carbocycles. The second-order valence-corrected chi connectivity index (χ2v) is 8.52. The summed E-state index contributed by atoms with van der Waals surface area (Å²) in [5, 5.41) is 5.44. The Hall–Kier alpha value is -3.10. The fourth-order valence-corrected chi connectivity index (χ4v) is 4.83. The Kier molecular flexibility index (Phi) is 6.69. The second kappa shape index (κ2) is 9.80. The fraction of sp³-hybridized carbons (Fsp3) is 0.174. The van der Waals surface area contributed by atoms with E-state index in [1.54, 1.807) is 0 Å². The summed E-state index contributed by atoms with van der Waals surface area (Å²) in [5.41, 5.74) is 2.37. The highest BCUT2D eigenvalue weighted by Gasteiger charge is 2.13. The Balaban J connectivity index is 1.41. The number of para-hydroxylation sites is 2. The van der Waals surface area contributed by atoms with E-state index in [0.717, 1.165) is 11.1 Å². The zero-order valence-electron chi connectivity index (χ0n) is 16.9. The molecular formula is C23H21N3O3S2. The third-order valence-electron chi connectivity index (χ3n) is 4.51. The third kappa shape index (κ3) is 4.98. The number of anilines is 1. The lowest BCUT2D eigenvalue weighted by Crippen LogP contribution is -2.16. The summed E-state index contributed by atoms with van der Waals surface area (Å²) in [6.07, 6.45) is 0. The van der Waals surface area contributed by atoms with Crippen LogP contribution in [0, 0.1) is 0 Å². The zero-order chi connectivity index (χ0) is 21.6. The number of hydrogen-bond acceptors (Lipinski definition) is 6. The molecule has 2 aromatic heterocycles. The highest BCUT2D eigenvalue weighted by molar-refractivity contribution is 7.99. The highest BCUT2D eigenvalue weighted by Crippen LogP contribution is 2.30. The summed E-state index contributed by atoms with van der Waals surface area (Å²) in [5.74, 6) is 1.74. The van der Waals surface area contributed by atoms with Gasteiger partial charge in [-0.25, -0.2) is 4.98 Å². The van der Waals surface area contributed by atoms with Crippen molar-refractivity contribution in [3.8, 4) is 16.9 Å². The number of H-pyrrole nitrogens is 1. The predicted octanol–water partition coefficient (Wildman–Crippen LogP) is 4.92. The number of carbonyl (C=O) groups is 1. The first-order chi connectivity index (χ1) is 15.2. The number of benzene rings is 2. The van der Waals surface area contributed by atoms with Crippen molar-refractivity contribution >= 4 is 44.9 Å². The molecule has 0 bridgehead atoms. The van der Waals surface area contributed by atoms with Crippen LogP contribution in [0.3, 0.4) is 0 Å². The molecule has 4 rings (SSSR count). The first-order valence-electron chi connectivity index (χ1n) is 9.81. The molecule has 31 heavy (non-hydrogen) atoms. The minimum absolute atomic E-state index is 0.136. The number of nitrogens with one attached hydrogen (secondary N) is 2. The quantitative estimate of drug-likeness (QED) is 0.397. The van der Waals surface area contributed by atoms with Gasteiger partial charge in [-0.15, -0.1) is 23.1 Å². The van der Waals surface area contributed by atoms with Gasteiger partial charge in [0.15, 0.2) is 0 Å². The Labute approximate surface area is 187 Å². The van der Waals surface area contributed by atoms with E-state index in [4.69, 9.17) is 4.74 Å². The van der Waals surface area contributed by atoms with E-state index in [0.29, 0.717) is 39.8 Å². The number of ether oxygens (including phenoxy) is 1. The van der Waals surface area contributed by atoms with Gasteiger partial charge in [0.25, 0.3) is 5.56 Å². The number of fused-ring (bicyclic) bond motifs is 1. The Morgan fingerprint density at radius 1 is 1.16 bits per heavy atom. The normalized spacial score (nSPS) is 10.9. The van der Waals surface area contributed by atoms with E-state index in [1.165, 1.54) is 23.1 Å². The lowest BCUT2D eigenvalue weighted by molar-refractivity contribution is -0.113. The van der Waals surface area contributed by atoms with E-state index >= 15 is 0 Å². The zero-order valence-corrected chi connectivity index (χ0v) is 18.5. The molecule has 4 aromatic rings. The molecule has 0 spiro atoms. The van der Waals surface area contributed by atoms with Gasteiger partial charge >= 0.3 is 0 Å². The molecule has 0 radical (unpaired) electrons. The molecule has 0 atom stereocenters. The Morgan fingerprint density at radius 3 is 2.74 bits per heavy atom.